The van der Waals surface area contributed by atoms with Gasteiger partial charge in [0.05, 0.1) is 5.39 Å². The number of carbonyl (C=O) groups is 1. The van der Waals surface area contributed by atoms with Gasteiger partial charge < -0.3 is 10.2 Å². The van der Waals surface area contributed by atoms with Crippen molar-refractivity contribution in [2.45, 2.75) is 39.5 Å². The van der Waals surface area contributed by atoms with Gasteiger partial charge in [0.15, 0.2) is 0 Å². The second-order valence-corrected chi connectivity index (χ2v) is 8.89. The number of carbonyl (C=O) groups excluding carboxylic acids is 1. The van der Waals surface area contributed by atoms with Gasteiger partial charge in [0.25, 0.3) is 0 Å². The number of aryl methyl sites for hydroxylation is 2. The molecule has 1 amide bonds. The molecular formula is C23H28N4OS. The Morgan fingerprint density at radius 3 is 2.69 bits per heavy atom. The van der Waals surface area contributed by atoms with Gasteiger partial charge in [0, 0.05) is 30.4 Å². The molecule has 152 valence electrons. The zero-order valence-electron chi connectivity index (χ0n) is 17.1. The molecule has 1 aromatic carbocycles. The molecule has 2 aromatic heterocycles. The third kappa shape index (κ3) is 4.58. The highest BCUT2D eigenvalue weighted by Crippen LogP contribution is 2.32. The van der Waals surface area contributed by atoms with Crippen LogP contribution in [0.2, 0.25) is 0 Å². The van der Waals surface area contributed by atoms with Crippen molar-refractivity contribution >= 4 is 33.3 Å². The van der Waals surface area contributed by atoms with Crippen LogP contribution in [0, 0.1) is 12.8 Å². The monoisotopic (exact) mass is 408 g/mol. The lowest BCUT2D eigenvalue weighted by atomic mass is 9.95. The summed E-state index contributed by atoms with van der Waals surface area (Å²) in [7, 11) is 0. The third-order valence-corrected chi connectivity index (χ3v) is 6.89. The zero-order chi connectivity index (χ0) is 20.2. The number of anilines is 1. The molecule has 0 atom stereocenters. The lowest BCUT2D eigenvalue weighted by Gasteiger charge is -2.32. The van der Waals surface area contributed by atoms with Crippen LogP contribution in [0.1, 0.15) is 35.8 Å². The summed E-state index contributed by atoms with van der Waals surface area (Å²) in [5.74, 6) is 1.30. The standard InChI is InChI=1S/C23H28N4OS/c1-3-19-14-20-21(25-15-26-23(20)29-19)27-12-9-18(10-13-27)22(28)24-11-8-17-6-4-16(2)5-7-17/h4-7,14-15,18H,3,8-13H2,1-2H3,(H,24,28). The van der Waals surface area contributed by atoms with E-state index in [2.05, 4.69) is 64.4 Å². The van der Waals surface area contributed by atoms with Crippen LogP contribution in [0.25, 0.3) is 10.2 Å². The highest BCUT2D eigenvalue weighted by atomic mass is 32.1. The van der Waals surface area contributed by atoms with Gasteiger partial charge in [-0.25, -0.2) is 9.97 Å². The summed E-state index contributed by atoms with van der Waals surface area (Å²) in [4.78, 5) is 26.3. The summed E-state index contributed by atoms with van der Waals surface area (Å²) in [6, 6.07) is 10.7. The van der Waals surface area contributed by atoms with Gasteiger partial charge in [-0.1, -0.05) is 36.8 Å². The Hall–Kier alpha value is -2.47. The Morgan fingerprint density at radius 2 is 1.97 bits per heavy atom. The minimum Gasteiger partial charge on any atom is -0.356 e. The maximum atomic E-state index is 12.6. The Morgan fingerprint density at radius 1 is 1.21 bits per heavy atom. The van der Waals surface area contributed by atoms with Crippen LogP contribution in [-0.2, 0) is 17.6 Å². The fourth-order valence-electron chi connectivity index (χ4n) is 3.90. The van der Waals surface area contributed by atoms with Crippen molar-refractivity contribution in [2.24, 2.45) is 5.92 Å². The van der Waals surface area contributed by atoms with Crippen LogP contribution in [0.4, 0.5) is 5.82 Å². The average molecular weight is 409 g/mol. The number of amides is 1. The molecule has 5 nitrogen and oxygen atoms in total. The van der Waals surface area contributed by atoms with Crippen molar-refractivity contribution in [3.05, 3.63) is 52.7 Å². The largest absolute Gasteiger partial charge is 0.356 e. The van der Waals surface area contributed by atoms with Crippen molar-refractivity contribution in [1.82, 2.24) is 15.3 Å². The number of nitrogens with one attached hydrogen (secondary N) is 1. The van der Waals surface area contributed by atoms with E-state index in [0.717, 1.165) is 54.8 Å². The second-order valence-electron chi connectivity index (χ2n) is 7.77. The Kier molecular flexibility index (Phi) is 6.09. The SMILES string of the molecule is CCc1cc2c(N3CCC(C(=O)NCCc4ccc(C)cc4)CC3)ncnc2s1. The Labute approximate surface area is 176 Å². The first kappa shape index (κ1) is 19.8. The van der Waals surface area contributed by atoms with Crippen LogP contribution in [0.15, 0.2) is 36.7 Å². The summed E-state index contributed by atoms with van der Waals surface area (Å²) in [5, 5.41) is 4.28. The van der Waals surface area contributed by atoms with Crippen molar-refractivity contribution in [3.8, 4) is 0 Å². The van der Waals surface area contributed by atoms with E-state index >= 15 is 0 Å². The minimum absolute atomic E-state index is 0.0928. The van der Waals surface area contributed by atoms with Crippen molar-refractivity contribution < 1.29 is 4.79 Å². The van der Waals surface area contributed by atoms with Gasteiger partial charge >= 0.3 is 0 Å². The van der Waals surface area contributed by atoms with E-state index in [1.807, 2.05) is 0 Å². The highest BCUT2D eigenvalue weighted by Gasteiger charge is 2.26. The molecule has 3 heterocycles. The molecule has 0 radical (unpaired) electrons. The Balaban J connectivity index is 1.30. The number of piperidine rings is 1. The summed E-state index contributed by atoms with van der Waals surface area (Å²) >= 11 is 1.75. The molecule has 0 aliphatic carbocycles. The summed E-state index contributed by atoms with van der Waals surface area (Å²) in [6.07, 6.45) is 5.30. The van der Waals surface area contributed by atoms with Crippen LogP contribution in [0.5, 0.6) is 0 Å². The quantitative estimate of drug-likeness (QED) is 0.666. The summed E-state index contributed by atoms with van der Waals surface area (Å²) < 4.78 is 0. The average Bonchev–Trinajstić information content (AvgIpc) is 3.19. The van der Waals surface area contributed by atoms with Gasteiger partial charge in [-0.2, -0.15) is 0 Å². The molecule has 1 aliphatic rings. The van der Waals surface area contributed by atoms with E-state index in [9.17, 15) is 4.79 Å². The molecule has 1 aliphatic heterocycles. The van der Waals surface area contributed by atoms with Crippen LogP contribution < -0.4 is 10.2 Å². The first-order valence-corrected chi connectivity index (χ1v) is 11.3. The van der Waals surface area contributed by atoms with Gasteiger partial charge in [0.1, 0.15) is 17.0 Å². The molecule has 3 aromatic rings. The third-order valence-electron chi connectivity index (χ3n) is 5.71. The van der Waals surface area contributed by atoms with Crippen LogP contribution >= 0.6 is 11.3 Å². The van der Waals surface area contributed by atoms with Gasteiger partial charge in [-0.05, 0) is 44.2 Å². The number of benzene rings is 1. The molecule has 1 fully saturated rings. The van der Waals surface area contributed by atoms with E-state index < -0.39 is 0 Å². The number of aromatic nitrogens is 2. The number of hydrogen-bond donors (Lipinski definition) is 1. The zero-order valence-corrected chi connectivity index (χ0v) is 18.0. The molecule has 0 spiro atoms. The van der Waals surface area contributed by atoms with E-state index in [1.165, 1.54) is 16.0 Å². The first-order chi connectivity index (χ1) is 14.1. The first-order valence-electron chi connectivity index (χ1n) is 10.5. The molecule has 29 heavy (non-hydrogen) atoms. The lowest BCUT2D eigenvalue weighted by molar-refractivity contribution is -0.125. The minimum atomic E-state index is 0.0928. The maximum absolute atomic E-state index is 12.6. The highest BCUT2D eigenvalue weighted by molar-refractivity contribution is 7.18. The number of rotatable bonds is 6. The van der Waals surface area contributed by atoms with Crippen molar-refractivity contribution in [1.29, 1.82) is 0 Å². The number of nitrogens with zero attached hydrogens (tertiary/aromatic N) is 3. The Bertz CT molecular complexity index is 974. The molecule has 0 saturated carbocycles. The lowest BCUT2D eigenvalue weighted by Crippen LogP contribution is -2.41. The van der Waals surface area contributed by atoms with Gasteiger partial charge in [-0.3, -0.25) is 4.79 Å². The van der Waals surface area contributed by atoms with E-state index in [0.29, 0.717) is 6.54 Å². The van der Waals surface area contributed by atoms with E-state index in [4.69, 9.17) is 0 Å². The fourth-order valence-corrected chi connectivity index (χ4v) is 4.83. The number of hydrogen-bond acceptors (Lipinski definition) is 5. The summed E-state index contributed by atoms with van der Waals surface area (Å²) in [5.41, 5.74) is 2.53. The molecule has 0 bridgehead atoms. The van der Waals surface area contributed by atoms with Gasteiger partial charge in [-0.15, -0.1) is 11.3 Å². The van der Waals surface area contributed by atoms with E-state index in [1.54, 1.807) is 17.7 Å². The normalized spacial score (nSPS) is 15.0. The maximum Gasteiger partial charge on any atom is 0.223 e. The summed E-state index contributed by atoms with van der Waals surface area (Å²) in [6.45, 7) is 6.68. The number of thiophene rings is 1. The molecule has 4 rings (SSSR count). The van der Waals surface area contributed by atoms with Gasteiger partial charge in [0.2, 0.25) is 5.91 Å². The second kappa shape index (κ2) is 8.91. The predicted octanol–water partition coefficient (Wildman–Crippen LogP) is 4.14. The van der Waals surface area contributed by atoms with Crippen molar-refractivity contribution in [2.75, 3.05) is 24.5 Å². The number of fused-ring (bicyclic) bond motifs is 1. The molecule has 1 saturated heterocycles. The molecular weight excluding hydrogens is 380 g/mol. The molecule has 0 unspecified atom stereocenters. The molecule has 1 N–H and O–H groups in total. The predicted molar refractivity (Wildman–Crippen MR) is 120 cm³/mol. The van der Waals surface area contributed by atoms with Crippen LogP contribution in [-0.4, -0.2) is 35.5 Å². The topological polar surface area (TPSA) is 58.1 Å². The fraction of sp³-hybridized carbons (Fsp3) is 0.435. The molecule has 6 heteroatoms. The smallest absolute Gasteiger partial charge is 0.223 e. The van der Waals surface area contributed by atoms with E-state index in [-0.39, 0.29) is 11.8 Å². The van der Waals surface area contributed by atoms with Crippen molar-refractivity contribution in [3.63, 3.8) is 0 Å². The van der Waals surface area contributed by atoms with Crippen LogP contribution in [0.3, 0.4) is 0 Å².